The highest BCUT2D eigenvalue weighted by Gasteiger charge is 2.14. The van der Waals surface area contributed by atoms with Crippen LogP contribution in [0.15, 0.2) is 18.2 Å². The highest BCUT2D eigenvalue weighted by atomic mass is 19.1. The Balaban J connectivity index is 2.53. The first-order valence-electron chi connectivity index (χ1n) is 6.75. The van der Waals surface area contributed by atoms with Crippen LogP contribution in [-0.2, 0) is 0 Å². The van der Waals surface area contributed by atoms with Crippen LogP contribution in [0, 0.1) is 11.6 Å². The first-order chi connectivity index (χ1) is 8.54. The van der Waals surface area contributed by atoms with Crippen molar-refractivity contribution in [1.82, 2.24) is 5.32 Å². The van der Waals surface area contributed by atoms with Crippen LogP contribution < -0.4 is 5.32 Å². The molecule has 0 aliphatic heterocycles. The Morgan fingerprint density at radius 2 is 1.89 bits per heavy atom. The Hall–Kier alpha value is -0.960. The van der Waals surface area contributed by atoms with Crippen LogP contribution in [0.4, 0.5) is 8.78 Å². The lowest BCUT2D eigenvalue weighted by Gasteiger charge is -2.20. The van der Waals surface area contributed by atoms with Gasteiger partial charge in [-0.1, -0.05) is 26.2 Å². The smallest absolute Gasteiger partial charge is 0.128 e. The van der Waals surface area contributed by atoms with E-state index in [4.69, 9.17) is 0 Å². The van der Waals surface area contributed by atoms with Crippen LogP contribution in [-0.4, -0.2) is 6.04 Å². The second-order valence-electron chi connectivity index (χ2n) is 4.95. The van der Waals surface area contributed by atoms with Crippen molar-refractivity contribution in [3.8, 4) is 0 Å². The molecule has 1 rings (SSSR count). The maximum atomic E-state index is 13.6. The largest absolute Gasteiger partial charge is 0.308 e. The van der Waals surface area contributed by atoms with Crippen molar-refractivity contribution in [3.05, 3.63) is 35.4 Å². The molecule has 0 heterocycles. The molecule has 3 heteroatoms. The maximum absolute atomic E-state index is 13.6. The summed E-state index contributed by atoms with van der Waals surface area (Å²) in [6, 6.07) is 3.75. The predicted octanol–water partition coefficient (Wildman–Crippen LogP) is 4.58. The van der Waals surface area contributed by atoms with E-state index in [1.807, 2.05) is 6.92 Å². The standard InChI is InChI=1S/C15H23F2N/c1-4-5-6-7-11(2)18-12(3)14-10-13(16)8-9-15(14)17/h8-12,18H,4-7H2,1-3H3. The predicted molar refractivity (Wildman–Crippen MR) is 71.5 cm³/mol. The molecule has 2 atom stereocenters. The van der Waals surface area contributed by atoms with Gasteiger partial charge in [0.15, 0.2) is 0 Å². The summed E-state index contributed by atoms with van der Waals surface area (Å²) in [6.45, 7) is 6.13. The second kappa shape index (κ2) is 7.47. The molecule has 1 nitrogen and oxygen atoms in total. The number of halogens is 2. The molecule has 2 unspecified atom stereocenters. The zero-order valence-corrected chi connectivity index (χ0v) is 11.5. The van der Waals surface area contributed by atoms with E-state index < -0.39 is 5.82 Å². The molecule has 0 radical (unpaired) electrons. The Kier molecular flexibility index (Phi) is 6.27. The summed E-state index contributed by atoms with van der Waals surface area (Å²) in [5, 5.41) is 3.32. The van der Waals surface area contributed by atoms with Crippen molar-refractivity contribution < 1.29 is 8.78 Å². The highest BCUT2D eigenvalue weighted by molar-refractivity contribution is 5.21. The van der Waals surface area contributed by atoms with Crippen molar-refractivity contribution in [3.63, 3.8) is 0 Å². The molecular formula is C15H23F2N. The highest BCUT2D eigenvalue weighted by Crippen LogP contribution is 2.19. The van der Waals surface area contributed by atoms with Crippen LogP contribution in [0.1, 0.15) is 58.1 Å². The number of rotatable bonds is 7. The van der Waals surface area contributed by atoms with Crippen molar-refractivity contribution in [2.75, 3.05) is 0 Å². The first-order valence-corrected chi connectivity index (χ1v) is 6.75. The summed E-state index contributed by atoms with van der Waals surface area (Å²) < 4.78 is 26.7. The zero-order chi connectivity index (χ0) is 13.5. The molecule has 0 aliphatic carbocycles. The summed E-state index contributed by atoms with van der Waals surface area (Å²) in [5.74, 6) is -0.740. The molecule has 1 aromatic carbocycles. The summed E-state index contributed by atoms with van der Waals surface area (Å²) in [5.41, 5.74) is 0.400. The Labute approximate surface area is 109 Å². The normalized spacial score (nSPS) is 14.5. The van der Waals surface area contributed by atoms with Gasteiger partial charge in [0.25, 0.3) is 0 Å². The summed E-state index contributed by atoms with van der Waals surface area (Å²) in [7, 11) is 0. The quantitative estimate of drug-likeness (QED) is 0.703. The molecule has 0 fully saturated rings. The molecule has 1 aromatic rings. The fraction of sp³-hybridized carbons (Fsp3) is 0.600. The van der Waals surface area contributed by atoms with E-state index in [9.17, 15) is 8.78 Å². The fourth-order valence-electron chi connectivity index (χ4n) is 2.15. The van der Waals surface area contributed by atoms with Gasteiger partial charge in [-0.2, -0.15) is 0 Å². The lowest BCUT2D eigenvalue weighted by molar-refractivity contribution is 0.428. The van der Waals surface area contributed by atoms with Gasteiger partial charge in [-0.15, -0.1) is 0 Å². The average molecular weight is 255 g/mol. The van der Waals surface area contributed by atoms with E-state index >= 15 is 0 Å². The monoisotopic (exact) mass is 255 g/mol. The minimum atomic E-state index is -0.390. The van der Waals surface area contributed by atoms with Gasteiger partial charge in [-0.05, 0) is 38.5 Å². The lowest BCUT2D eigenvalue weighted by Crippen LogP contribution is -2.29. The van der Waals surface area contributed by atoms with Crippen molar-refractivity contribution in [2.45, 2.75) is 58.5 Å². The van der Waals surface area contributed by atoms with Gasteiger partial charge in [-0.3, -0.25) is 0 Å². The van der Waals surface area contributed by atoms with Crippen molar-refractivity contribution in [2.24, 2.45) is 0 Å². The Morgan fingerprint density at radius 1 is 1.17 bits per heavy atom. The molecule has 102 valence electrons. The minimum absolute atomic E-state index is 0.169. The number of nitrogens with one attached hydrogen (secondary N) is 1. The molecule has 18 heavy (non-hydrogen) atoms. The molecule has 0 saturated carbocycles. The lowest BCUT2D eigenvalue weighted by atomic mass is 10.0. The van der Waals surface area contributed by atoms with E-state index in [-0.39, 0.29) is 11.9 Å². The van der Waals surface area contributed by atoms with Crippen molar-refractivity contribution in [1.29, 1.82) is 0 Å². The molecule has 0 spiro atoms. The van der Waals surface area contributed by atoms with Gasteiger partial charge < -0.3 is 5.32 Å². The van der Waals surface area contributed by atoms with Gasteiger partial charge in [-0.25, -0.2) is 8.78 Å². The SMILES string of the molecule is CCCCCC(C)NC(C)c1cc(F)ccc1F. The zero-order valence-electron chi connectivity index (χ0n) is 11.5. The van der Waals surface area contributed by atoms with Crippen LogP contribution in [0.2, 0.25) is 0 Å². The van der Waals surface area contributed by atoms with Gasteiger partial charge in [0, 0.05) is 17.6 Å². The minimum Gasteiger partial charge on any atom is -0.308 e. The second-order valence-corrected chi connectivity index (χ2v) is 4.95. The van der Waals surface area contributed by atoms with E-state index in [2.05, 4.69) is 19.2 Å². The Bertz CT molecular complexity index is 366. The molecule has 0 aliphatic rings. The van der Waals surface area contributed by atoms with E-state index in [0.717, 1.165) is 12.5 Å². The molecule has 1 N–H and O–H groups in total. The van der Waals surface area contributed by atoms with E-state index in [1.54, 1.807) is 0 Å². The van der Waals surface area contributed by atoms with Gasteiger partial charge in [0.1, 0.15) is 11.6 Å². The Morgan fingerprint density at radius 3 is 2.56 bits per heavy atom. The van der Waals surface area contributed by atoms with Gasteiger partial charge >= 0.3 is 0 Å². The summed E-state index contributed by atoms with van der Waals surface area (Å²) >= 11 is 0. The van der Waals surface area contributed by atoms with Crippen LogP contribution in [0.3, 0.4) is 0 Å². The van der Waals surface area contributed by atoms with Gasteiger partial charge in [0.05, 0.1) is 0 Å². The van der Waals surface area contributed by atoms with Gasteiger partial charge in [0.2, 0.25) is 0 Å². The fourth-order valence-corrected chi connectivity index (χ4v) is 2.15. The average Bonchev–Trinajstić information content (AvgIpc) is 2.32. The number of hydrogen-bond donors (Lipinski definition) is 1. The molecule has 0 saturated heterocycles. The molecular weight excluding hydrogens is 232 g/mol. The van der Waals surface area contributed by atoms with Crippen LogP contribution in [0.25, 0.3) is 0 Å². The third-order valence-electron chi connectivity index (χ3n) is 3.20. The maximum Gasteiger partial charge on any atom is 0.128 e. The summed E-state index contributed by atoms with van der Waals surface area (Å²) in [6.07, 6.45) is 4.65. The molecule has 0 aromatic heterocycles. The number of unbranched alkanes of at least 4 members (excludes halogenated alkanes) is 2. The van der Waals surface area contributed by atoms with E-state index in [1.165, 1.54) is 31.4 Å². The molecule has 0 amide bonds. The summed E-state index contributed by atoms with van der Waals surface area (Å²) in [4.78, 5) is 0. The van der Waals surface area contributed by atoms with Crippen LogP contribution in [0.5, 0.6) is 0 Å². The van der Waals surface area contributed by atoms with Crippen LogP contribution >= 0.6 is 0 Å². The number of hydrogen-bond acceptors (Lipinski definition) is 1. The third kappa shape index (κ3) is 4.73. The third-order valence-corrected chi connectivity index (χ3v) is 3.20. The topological polar surface area (TPSA) is 12.0 Å². The van der Waals surface area contributed by atoms with E-state index in [0.29, 0.717) is 11.6 Å². The van der Waals surface area contributed by atoms with Crippen molar-refractivity contribution >= 4 is 0 Å². The first kappa shape index (κ1) is 15.1. The molecule has 0 bridgehead atoms. The number of benzene rings is 1.